The van der Waals surface area contributed by atoms with Crippen LogP contribution in [0.2, 0.25) is 0 Å². The van der Waals surface area contributed by atoms with Gasteiger partial charge in [0.15, 0.2) is 0 Å². The van der Waals surface area contributed by atoms with E-state index < -0.39 is 11.5 Å². The number of carbonyl (C=O) groups is 1. The van der Waals surface area contributed by atoms with Gasteiger partial charge in [0.25, 0.3) is 0 Å². The van der Waals surface area contributed by atoms with Gasteiger partial charge in [0.05, 0.1) is 0 Å². The molecule has 1 N–H and O–H groups in total. The number of rotatable bonds is 5. The lowest BCUT2D eigenvalue weighted by Crippen LogP contribution is -2.49. The Kier molecular flexibility index (Phi) is 4.75. The highest BCUT2D eigenvalue weighted by atomic mass is 79.9. The molecule has 17 heavy (non-hydrogen) atoms. The van der Waals surface area contributed by atoms with Gasteiger partial charge in [0.1, 0.15) is 5.54 Å². The van der Waals surface area contributed by atoms with Crippen LogP contribution in [0.4, 0.5) is 0 Å². The minimum absolute atomic E-state index is 0.674. The standard InChI is InChI=1S/C12H18BrNO2S/c1-5-14(12(3,4)11(15)16)7-9-6-10(13)8(2)17-9/h6H,5,7H2,1-4H3,(H,15,16). The lowest BCUT2D eigenvalue weighted by molar-refractivity contribution is -0.149. The molecule has 0 radical (unpaired) electrons. The van der Waals surface area contributed by atoms with Gasteiger partial charge in [0, 0.05) is 20.8 Å². The predicted molar refractivity (Wildman–Crippen MR) is 74.6 cm³/mol. The monoisotopic (exact) mass is 319 g/mol. The lowest BCUT2D eigenvalue weighted by atomic mass is 10.0. The molecule has 0 aromatic carbocycles. The zero-order valence-corrected chi connectivity index (χ0v) is 13.0. The number of carboxylic acids is 1. The minimum Gasteiger partial charge on any atom is -0.480 e. The first-order chi connectivity index (χ1) is 7.78. The number of hydrogen-bond acceptors (Lipinski definition) is 3. The Hall–Kier alpha value is -0.390. The molecule has 0 spiro atoms. The van der Waals surface area contributed by atoms with Gasteiger partial charge >= 0.3 is 5.97 Å². The number of hydrogen-bond donors (Lipinski definition) is 1. The molecule has 1 heterocycles. The maximum atomic E-state index is 11.2. The summed E-state index contributed by atoms with van der Waals surface area (Å²) in [6, 6.07) is 2.07. The van der Waals surface area contributed by atoms with Crippen molar-refractivity contribution < 1.29 is 9.90 Å². The molecular weight excluding hydrogens is 302 g/mol. The van der Waals surface area contributed by atoms with Gasteiger partial charge in [-0.3, -0.25) is 9.69 Å². The maximum Gasteiger partial charge on any atom is 0.323 e. The van der Waals surface area contributed by atoms with Gasteiger partial charge in [-0.05, 0) is 49.3 Å². The Bertz CT molecular complexity index is 395. The molecule has 1 aromatic rings. The topological polar surface area (TPSA) is 40.5 Å². The van der Waals surface area contributed by atoms with E-state index in [9.17, 15) is 9.90 Å². The molecule has 0 atom stereocenters. The first kappa shape index (κ1) is 14.7. The van der Waals surface area contributed by atoms with Gasteiger partial charge < -0.3 is 5.11 Å². The van der Waals surface area contributed by atoms with Crippen molar-refractivity contribution in [3.05, 3.63) is 20.3 Å². The van der Waals surface area contributed by atoms with E-state index in [4.69, 9.17) is 0 Å². The summed E-state index contributed by atoms with van der Waals surface area (Å²) in [6.07, 6.45) is 0. The molecule has 5 heteroatoms. The van der Waals surface area contributed by atoms with Crippen LogP contribution in [0.25, 0.3) is 0 Å². The van der Waals surface area contributed by atoms with Crippen LogP contribution in [0.15, 0.2) is 10.5 Å². The average molecular weight is 320 g/mol. The number of aryl methyl sites for hydroxylation is 1. The molecule has 1 rings (SSSR count). The summed E-state index contributed by atoms with van der Waals surface area (Å²) in [4.78, 5) is 15.6. The summed E-state index contributed by atoms with van der Waals surface area (Å²) in [5.74, 6) is -0.785. The maximum absolute atomic E-state index is 11.2. The van der Waals surface area contributed by atoms with E-state index >= 15 is 0 Å². The van der Waals surface area contributed by atoms with Crippen LogP contribution in [0.1, 0.15) is 30.5 Å². The van der Waals surface area contributed by atoms with Crippen molar-refractivity contribution in [2.24, 2.45) is 0 Å². The van der Waals surface area contributed by atoms with E-state index in [2.05, 4.69) is 28.9 Å². The van der Waals surface area contributed by atoms with Crippen molar-refractivity contribution in [3.8, 4) is 0 Å². The molecule has 1 aromatic heterocycles. The number of likely N-dealkylation sites (N-methyl/N-ethyl adjacent to an activating group) is 1. The third-order valence-electron chi connectivity index (χ3n) is 2.95. The fourth-order valence-corrected chi connectivity index (χ4v) is 3.24. The van der Waals surface area contributed by atoms with Gasteiger partial charge in [-0.2, -0.15) is 0 Å². The first-order valence-electron chi connectivity index (χ1n) is 5.52. The molecule has 0 fully saturated rings. The lowest BCUT2D eigenvalue weighted by Gasteiger charge is -2.33. The van der Waals surface area contributed by atoms with Crippen LogP contribution in [0.3, 0.4) is 0 Å². The van der Waals surface area contributed by atoms with Crippen LogP contribution in [-0.2, 0) is 11.3 Å². The third-order valence-corrected chi connectivity index (χ3v) is 5.07. The molecule has 0 saturated heterocycles. The molecule has 0 aliphatic rings. The Morgan fingerprint density at radius 2 is 2.18 bits per heavy atom. The number of halogens is 1. The van der Waals surface area contributed by atoms with Crippen LogP contribution < -0.4 is 0 Å². The van der Waals surface area contributed by atoms with Crippen molar-refractivity contribution in [3.63, 3.8) is 0 Å². The highest BCUT2D eigenvalue weighted by molar-refractivity contribution is 9.10. The third kappa shape index (κ3) is 3.30. The number of aliphatic carboxylic acids is 1. The molecule has 0 aliphatic heterocycles. The minimum atomic E-state index is -0.834. The van der Waals surface area contributed by atoms with Crippen molar-refractivity contribution >= 4 is 33.2 Å². The Balaban J connectivity index is 2.87. The average Bonchev–Trinajstić information content (AvgIpc) is 2.54. The van der Waals surface area contributed by atoms with Crippen molar-refractivity contribution in [2.75, 3.05) is 6.54 Å². The van der Waals surface area contributed by atoms with Crippen LogP contribution in [0, 0.1) is 6.92 Å². The van der Waals surface area contributed by atoms with Gasteiger partial charge in [-0.15, -0.1) is 11.3 Å². The van der Waals surface area contributed by atoms with Gasteiger partial charge in [-0.25, -0.2) is 0 Å². The second-order valence-corrected chi connectivity index (χ2v) is 6.69. The molecule has 0 saturated carbocycles. The second-order valence-electron chi connectivity index (χ2n) is 4.50. The zero-order chi connectivity index (χ0) is 13.2. The summed E-state index contributed by atoms with van der Waals surface area (Å²) >= 11 is 5.19. The molecule has 3 nitrogen and oxygen atoms in total. The summed E-state index contributed by atoms with van der Waals surface area (Å²) in [5.41, 5.74) is -0.834. The summed E-state index contributed by atoms with van der Waals surface area (Å²) < 4.78 is 1.10. The smallest absolute Gasteiger partial charge is 0.323 e. The Morgan fingerprint density at radius 3 is 2.53 bits per heavy atom. The van der Waals surface area contributed by atoms with Crippen LogP contribution in [-0.4, -0.2) is 28.1 Å². The van der Waals surface area contributed by atoms with Gasteiger partial charge in [-0.1, -0.05) is 6.92 Å². The largest absolute Gasteiger partial charge is 0.480 e. The number of thiophene rings is 1. The van der Waals surface area contributed by atoms with Crippen molar-refractivity contribution in [1.29, 1.82) is 0 Å². The highest BCUT2D eigenvalue weighted by Crippen LogP contribution is 2.29. The number of carboxylic acid groups (broad SMARTS) is 1. The van der Waals surface area contributed by atoms with E-state index in [1.54, 1.807) is 25.2 Å². The normalized spacial score (nSPS) is 12.1. The molecular formula is C12H18BrNO2S. The molecule has 96 valence electrons. The van der Waals surface area contributed by atoms with Crippen LogP contribution >= 0.6 is 27.3 Å². The highest BCUT2D eigenvalue weighted by Gasteiger charge is 2.33. The van der Waals surface area contributed by atoms with Gasteiger partial charge in [0.2, 0.25) is 0 Å². The first-order valence-corrected chi connectivity index (χ1v) is 7.13. The van der Waals surface area contributed by atoms with Crippen molar-refractivity contribution in [1.82, 2.24) is 4.90 Å². The van der Waals surface area contributed by atoms with E-state index in [1.807, 2.05) is 11.8 Å². The summed E-state index contributed by atoms with van der Waals surface area (Å²) in [6.45, 7) is 8.92. The van der Waals surface area contributed by atoms with Crippen LogP contribution in [0.5, 0.6) is 0 Å². The molecule has 0 bridgehead atoms. The van der Waals surface area contributed by atoms with E-state index in [-0.39, 0.29) is 0 Å². The van der Waals surface area contributed by atoms with E-state index in [0.29, 0.717) is 13.1 Å². The van der Waals surface area contributed by atoms with Crippen molar-refractivity contribution in [2.45, 2.75) is 39.8 Å². The van der Waals surface area contributed by atoms with E-state index in [0.717, 1.165) is 4.47 Å². The summed E-state index contributed by atoms with van der Waals surface area (Å²) in [5, 5.41) is 9.23. The second kappa shape index (κ2) is 5.50. The molecule has 0 unspecified atom stereocenters. The quantitative estimate of drug-likeness (QED) is 0.903. The van der Waals surface area contributed by atoms with E-state index in [1.165, 1.54) is 9.75 Å². The fourth-order valence-electron chi connectivity index (χ4n) is 1.62. The predicted octanol–water partition coefficient (Wildman–Crippen LogP) is 3.50. The molecule has 0 aliphatic carbocycles. The SMILES string of the molecule is CCN(Cc1cc(Br)c(C)s1)C(C)(C)C(=O)O. The Morgan fingerprint density at radius 1 is 1.59 bits per heavy atom. The molecule has 0 amide bonds. The number of nitrogens with zero attached hydrogens (tertiary/aromatic N) is 1. The summed E-state index contributed by atoms with van der Waals surface area (Å²) in [7, 11) is 0. The fraction of sp³-hybridized carbons (Fsp3) is 0.583. The zero-order valence-electron chi connectivity index (χ0n) is 10.6. The Labute approximate surface area is 115 Å².